The number of anilines is 1. The van der Waals surface area contributed by atoms with Crippen LogP contribution in [0.5, 0.6) is 0 Å². The lowest BCUT2D eigenvalue weighted by molar-refractivity contribution is -0.149. The molecule has 3 aliphatic rings. The van der Waals surface area contributed by atoms with Gasteiger partial charge < -0.3 is 19.9 Å². The maximum Gasteiger partial charge on any atom is 0.324 e. The van der Waals surface area contributed by atoms with Crippen LogP contribution in [0.1, 0.15) is 44.9 Å². The Bertz CT molecular complexity index is 981. The van der Waals surface area contributed by atoms with Crippen LogP contribution in [0.15, 0.2) is 24.3 Å². The van der Waals surface area contributed by atoms with Crippen molar-refractivity contribution in [1.82, 2.24) is 15.1 Å². The van der Waals surface area contributed by atoms with E-state index in [1.165, 1.54) is 12.0 Å². The van der Waals surface area contributed by atoms with E-state index in [9.17, 15) is 19.2 Å². The van der Waals surface area contributed by atoms with Gasteiger partial charge in [0, 0.05) is 55.9 Å². The predicted octanol–water partition coefficient (Wildman–Crippen LogP) is 3.06. The average Bonchev–Trinajstić information content (AvgIpc) is 2.89. The number of carbonyl (C=O) groups is 4. The van der Waals surface area contributed by atoms with E-state index in [1.54, 1.807) is 0 Å². The fourth-order valence-electron chi connectivity index (χ4n) is 5.52. The van der Waals surface area contributed by atoms with Gasteiger partial charge in [0.1, 0.15) is 0 Å². The Kier molecular flexibility index (Phi) is 8.72. The number of nitrogens with zero attached hydrogens (tertiary/aromatic N) is 3. The highest BCUT2D eigenvalue weighted by atomic mass is 35.5. The molecule has 196 valence electrons. The lowest BCUT2D eigenvalue weighted by Crippen LogP contribution is -2.61. The molecule has 2 aliphatic heterocycles. The third-order valence-electron chi connectivity index (χ3n) is 7.60. The van der Waals surface area contributed by atoms with Crippen molar-refractivity contribution < 1.29 is 23.9 Å². The number of carbonyl (C=O) groups excluding carboxylic acids is 4. The lowest BCUT2D eigenvalue weighted by atomic mass is 9.76. The van der Waals surface area contributed by atoms with Gasteiger partial charge in [-0.1, -0.05) is 24.1 Å². The first-order valence-corrected chi connectivity index (χ1v) is 13.2. The second-order valence-electron chi connectivity index (χ2n) is 9.84. The van der Waals surface area contributed by atoms with Gasteiger partial charge in [-0.15, -0.1) is 0 Å². The second-order valence-corrected chi connectivity index (χ2v) is 10.3. The number of esters is 1. The van der Waals surface area contributed by atoms with Crippen LogP contribution in [0.3, 0.4) is 0 Å². The van der Waals surface area contributed by atoms with E-state index in [1.807, 2.05) is 29.2 Å². The predicted molar refractivity (Wildman–Crippen MR) is 136 cm³/mol. The zero-order chi connectivity index (χ0) is 25.7. The van der Waals surface area contributed by atoms with E-state index in [0.717, 1.165) is 31.6 Å². The summed E-state index contributed by atoms with van der Waals surface area (Å²) < 4.78 is 4.82. The molecule has 4 rings (SSSR count). The Hall–Kier alpha value is -2.81. The Morgan fingerprint density at radius 2 is 1.86 bits per heavy atom. The largest absolute Gasteiger partial charge is 0.469 e. The summed E-state index contributed by atoms with van der Waals surface area (Å²) in [5, 5.41) is 3.62. The van der Waals surface area contributed by atoms with Crippen molar-refractivity contribution >= 4 is 41.1 Å². The number of imide groups is 1. The van der Waals surface area contributed by atoms with Gasteiger partial charge >= 0.3 is 12.0 Å². The molecule has 1 aromatic carbocycles. The summed E-state index contributed by atoms with van der Waals surface area (Å²) in [6.45, 7) is 3.28. The fraction of sp³-hybridized carbons (Fsp3) is 0.615. The van der Waals surface area contributed by atoms with Crippen LogP contribution in [0.2, 0.25) is 5.02 Å². The molecule has 3 atom stereocenters. The maximum atomic E-state index is 12.9. The number of methoxy groups -OCH3 is 1. The normalized spacial score (nSPS) is 24.3. The summed E-state index contributed by atoms with van der Waals surface area (Å²) in [4.78, 5) is 55.4. The quantitative estimate of drug-likeness (QED) is 0.419. The monoisotopic (exact) mass is 518 g/mol. The zero-order valence-corrected chi connectivity index (χ0v) is 21.5. The number of nitrogens with one attached hydrogen (secondary N) is 1. The van der Waals surface area contributed by atoms with E-state index < -0.39 is 0 Å². The smallest absolute Gasteiger partial charge is 0.324 e. The maximum absolute atomic E-state index is 12.9. The van der Waals surface area contributed by atoms with Crippen LogP contribution in [-0.2, 0) is 19.1 Å². The van der Waals surface area contributed by atoms with Crippen molar-refractivity contribution in [2.24, 2.45) is 11.8 Å². The molecule has 0 bridgehead atoms. The van der Waals surface area contributed by atoms with E-state index in [4.69, 9.17) is 16.3 Å². The number of ether oxygens (including phenoxy) is 1. The summed E-state index contributed by atoms with van der Waals surface area (Å²) >= 11 is 6.09. The molecule has 4 amide bonds. The first-order valence-electron chi connectivity index (χ1n) is 12.9. The molecular formula is C26H35ClN4O5. The van der Waals surface area contributed by atoms with Crippen molar-refractivity contribution in [3.05, 3.63) is 29.3 Å². The second kappa shape index (κ2) is 12.0. The van der Waals surface area contributed by atoms with Crippen molar-refractivity contribution in [2.45, 2.75) is 51.0 Å². The molecule has 1 aromatic rings. The first-order chi connectivity index (χ1) is 17.4. The highest BCUT2D eigenvalue weighted by molar-refractivity contribution is 6.30. The van der Waals surface area contributed by atoms with Gasteiger partial charge in [-0.25, -0.2) is 4.79 Å². The average molecular weight is 519 g/mol. The molecule has 36 heavy (non-hydrogen) atoms. The number of unbranched alkanes of at least 4 members (excludes halogenated alkanes) is 2. The minimum Gasteiger partial charge on any atom is -0.469 e. The fourth-order valence-corrected chi connectivity index (χ4v) is 5.71. The van der Waals surface area contributed by atoms with Crippen molar-refractivity contribution in [1.29, 1.82) is 0 Å². The van der Waals surface area contributed by atoms with E-state index in [2.05, 4.69) is 10.2 Å². The number of halogens is 1. The molecule has 1 saturated carbocycles. The van der Waals surface area contributed by atoms with Gasteiger partial charge in [-0.3, -0.25) is 19.3 Å². The van der Waals surface area contributed by atoms with Gasteiger partial charge in [0.05, 0.1) is 18.9 Å². The number of rotatable bonds is 8. The zero-order valence-electron chi connectivity index (χ0n) is 20.8. The van der Waals surface area contributed by atoms with Crippen LogP contribution >= 0.6 is 11.6 Å². The van der Waals surface area contributed by atoms with Crippen molar-refractivity contribution in [3.8, 4) is 0 Å². The molecule has 0 spiro atoms. The minimum atomic E-state index is -0.389. The third kappa shape index (κ3) is 6.11. The van der Waals surface area contributed by atoms with Gasteiger partial charge in [0.25, 0.3) is 0 Å². The summed E-state index contributed by atoms with van der Waals surface area (Å²) in [5.74, 6) is -0.836. The summed E-state index contributed by atoms with van der Waals surface area (Å²) in [6, 6.07) is 7.07. The Morgan fingerprint density at radius 3 is 2.58 bits per heavy atom. The van der Waals surface area contributed by atoms with Crippen molar-refractivity contribution in [2.75, 3.05) is 44.7 Å². The van der Waals surface area contributed by atoms with Crippen LogP contribution in [0, 0.1) is 11.8 Å². The summed E-state index contributed by atoms with van der Waals surface area (Å²) in [7, 11) is 1.36. The number of piperazine rings is 1. The first kappa shape index (κ1) is 26.3. The van der Waals surface area contributed by atoms with E-state index in [0.29, 0.717) is 56.8 Å². The Labute approximate surface area is 217 Å². The summed E-state index contributed by atoms with van der Waals surface area (Å²) in [5.41, 5.74) is 1.08. The number of amides is 4. The van der Waals surface area contributed by atoms with E-state index in [-0.39, 0.29) is 41.7 Å². The SMILES string of the molecule is COC(=O)C1CCC2C(=O)N(CCCCCC(=O)N3CCN(c4cccc(Cl)c4)CC3)C(=O)NC2C1. The number of fused-ring (bicyclic) bond motifs is 1. The standard InChI is InChI=1S/C26H35ClN4O5/c1-36-25(34)18-9-10-21-22(16-18)28-26(35)31(24(21)33)11-4-2-3-8-23(32)30-14-12-29(13-15-30)20-7-5-6-19(27)17-20/h5-7,17-18,21-22H,2-4,8-16H2,1H3,(H,28,35). The number of benzene rings is 1. The molecule has 3 fully saturated rings. The van der Waals surface area contributed by atoms with Gasteiger partial charge in [0.15, 0.2) is 0 Å². The topological polar surface area (TPSA) is 99.3 Å². The third-order valence-corrected chi connectivity index (χ3v) is 7.84. The highest BCUT2D eigenvalue weighted by Gasteiger charge is 2.45. The van der Waals surface area contributed by atoms with Crippen LogP contribution in [0.25, 0.3) is 0 Å². The van der Waals surface area contributed by atoms with Crippen LogP contribution in [0.4, 0.5) is 10.5 Å². The molecule has 2 heterocycles. The molecule has 0 aromatic heterocycles. The van der Waals surface area contributed by atoms with Gasteiger partial charge in [-0.2, -0.15) is 0 Å². The molecule has 0 radical (unpaired) electrons. The van der Waals surface area contributed by atoms with Crippen LogP contribution in [-0.4, -0.2) is 79.5 Å². The molecule has 1 N–H and O–H groups in total. The minimum absolute atomic E-state index is 0.151. The summed E-state index contributed by atoms with van der Waals surface area (Å²) in [6.07, 6.45) is 4.23. The molecular weight excluding hydrogens is 484 g/mol. The number of hydrogen-bond acceptors (Lipinski definition) is 6. The van der Waals surface area contributed by atoms with Gasteiger partial charge in [0.2, 0.25) is 11.8 Å². The molecule has 3 unspecified atom stereocenters. The van der Waals surface area contributed by atoms with E-state index >= 15 is 0 Å². The van der Waals surface area contributed by atoms with Crippen LogP contribution < -0.4 is 10.2 Å². The molecule has 1 aliphatic carbocycles. The Morgan fingerprint density at radius 1 is 1.08 bits per heavy atom. The highest BCUT2D eigenvalue weighted by Crippen LogP contribution is 2.33. The number of urea groups is 1. The molecule has 2 saturated heterocycles. The van der Waals surface area contributed by atoms with Gasteiger partial charge in [-0.05, 0) is 50.3 Å². The lowest BCUT2D eigenvalue weighted by Gasteiger charge is -2.41. The Balaban J connectivity index is 1.14. The van der Waals surface area contributed by atoms with Crippen molar-refractivity contribution in [3.63, 3.8) is 0 Å². The molecule has 10 heteroatoms. The molecule has 9 nitrogen and oxygen atoms in total. The number of hydrogen-bond donors (Lipinski definition) is 1.